The summed E-state index contributed by atoms with van der Waals surface area (Å²) in [5, 5.41) is 21.7. The molecule has 2 unspecified atom stereocenters. The Bertz CT molecular complexity index is 515. The van der Waals surface area contributed by atoms with Crippen LogP contribution in [0.1, 0.15) is 50.0 Å². The van der Waals surface area contributed by atoms with E-state index in [1.165, 1.54) is 30.6 Å². The van der Waals surface area contributed by atoms with Gasteiger partial charge in [0, 0.05) is 23.5 Å². The van der Waals surface area contributed by atoms with Crippen LogP contribution in [0.2, 0.25) is 0 Å². The largest absolute Gasteiger partial charge is 0.388 e. The van der Waals surface area contributed by atoms with Gasteiger partial charge in [0.15, 0.2) is 5.00 Å². The summed E-state index contributed by atoms with van der Waals surface area (Å²) in [5.41, 5.74) is 0.164. The van der Waals surface area contributed by atoms with Crippen molar-refractivity contribution < 1.29 is 10.0 Å². The van der Waals surface area contributed by atoms with Crippen LogP contribution in [0.3, 0.4) is 0 Å². The molecule has 1 aliphatic carbocycles. The van der Waals surface area contributed by atoms with Crippen LogP contribution in [0.15, 0.2) is 6.07 Å². The van der Waals surface area contributed by atoms with Gasteiger partial charge in [0.2, 0.25) is 0 Å². The third-order valence-corrected chi connectivity index (χ3v) is 5.92. The third kappa shape index (κ3) is 2.31. The Morgan fingerprint density at radius 3 is 2.90 bits per heavy atom. The van der Waals surface area contributed by atoms with Crippen LogP contribution in [0.25, 0.3) is 0 Å². The summed E-state index contributed by atoms with van der Waals surface area (Å²) >= 11 is 1.38. The van der Waals surface area contributed by atoms with E-state index in [-0.39, 0.29) is 10.6 Å². The second-order valence-electron chi connectivity index (χ2n) is 5.87. The molecule has 1 saturated heterocycles. The van der Waals surface area contributed by atoms with Crippen LogP contribution in [0.5, 0.6) is 0 Å². The molecule has 3 rings (SSSR count). The quantitative estimate of drug-likeness (QED) is 0.685. The van der Waals surface area contributed by atoms with Crippen LogP contribution < -0.4 is 4.90 Å². The van der Waals surface area contributed by atoms with Crippen molar-refractivity contribution in [1.29, 1.82) is 0 Å². The van der Waals surface area contributed by atoms with Gasteiger partial charge in [-0.3, -0.25) is 10.1 Å². The highest BCUT2D eigenvalue weighted by Gasteiger charge is 2.39. The molecule has 6 heteroatoms. The maximum absolute atomic E-state index is 11.3. The minimum absolute atomic E-state index is 0.164. The van der Waals surface area contributed by atoms with Crippen molar-refractivity contribution in [3.05, 3.63) is 21.1 Å². The topological polar surface area (TPSA) is 66.6 Å². The number of hydrogen-bond donors (Lipinski definition) is 1. The van der Waals surface area contributed by atoms with Gasteiger partial charge in [0.05, 0.1) is 11.0 Å². The van der Waals surface area contributed by atoms with Gasteiger partial charge in [-0.2, -0.15) is 0 Å². The van der Waals surface area contributed by atoms with Gasteiger partial charge in [-0.05, 0) is 32.1 Å². The fourth-order valence-corrected chi connectivity index (χ4v) is 4.74. The lowest BCUT2D eigenvalue weighted by Gasteiger charge is -2.31. The Morgan fingerprint density at radius 2 is 2.20 bits per heavy atom. The molecule has 1 aliphatic heterocycles. The van der Waals surface area contributed by atoms with Crippen molar-refractivity contribution in [1.82, 2.24) is 0 Å². The lowest BCUT2D eigenvalue weighted by molar-refractivity contribution is -0.383. The Kier molecular flexibility index (Phi) is 3.69. The number of aliphatic hydroxyl groups is 1. The smallest absolute Gasteiger partial charge is 0.304 e. The molecule has 0 spiro atoms. The Labute approximate surface area is 122 Å². The van der Waals surface area contributed by atoms with Crippen LogP contribution in [-0.2, 0) is 0 Å². The highest BCUT2D eigenvalue weighted by atomic mass is 32.1. The second-order valence-corrected chi connectivity index (χ2v) is 6.93. The van der Waals surface area contributed by atoms with Crippen molar-refractivity contribution in [3.8, 4) is 0 Å². The monoisotopic (exact) mass is 296 g/mol. The number of nitro groups is 1. The zero-order valence-electron chi connectivity index (χ0n) is 11.6. The number of thiophene rings is 1. The fourth-order valence-electron chi connectivity index (χ4n) is 3.59. The molecule has 0 amide bonds. The van der Waals surface area contributed by atoms with Crippen molar-refractivity contribution >= 4 is 22.0 Å². The first-order valence-electron chi connectivity index (χ1n) is 7.30. The number of anilines is 1. The molecular formula is C14H20N2O3S. The molecule has 0 aromatic carbocycles. The van der Waals surface area contributed by atoms with Gasteiger partial charge in [-0.25, -0.2) is 0 Å². The molecule has 1 aromatic heterocycles. The lowest BCUT2D eigenvalue weighted by atomic mass is 9.85. The van der Waals surface area contributed by atoms with E-state index in [2.05, 4.69) is 4.90 Å². The number of fused-ring (bicyclic) bond motifs is 1. The van der Waals surface area contributed by atoms with E-state index < -0.39 is 6.10 Å². The van der Waals surface area contributed by atoms with E-state index in [0.717, 1.165) is 24.4 Å². The molecule has 20 heavy (non-hydrogen) atoms. The van der Waals surface area contributed by atoms with Gasteiger partial charge >= 0.3 is 5.69 Å². The maximum atomic E-state index is 11.3. The van der Waals surface area contributed by atoms with E-state index in [0.29, 0.717) is 16.8 Å². The van der Waals surface area contributed by atoms with E-state index in [1.54, 1.807) is 13.0 Å². The van der Waals surface area contributed by atoms with Gasteiger partial charge in [0.25, 0.3) is 0 Å². The summed E-state index contributed by atoms with van der Waals surface area (Å²) in [6.07, 6.45) is 5.41. The first-order chi connectivity index (χ1) is 9.58. The highest BCUT2D eigenvalue weighted by Crippen LogP contribution is 2.46. The maximum Gasteiger partial charge on any atom is 0.304 e. The molecule has 5 nitrogen and oxygen atoms in total. The van der Waals surface area contributed by atoms with Crippen LogP contribution in [0, 0.1) is 16.0 Å². The molecule has 3 atom stereocenters. The zero-order valence-corrected chi connectivity index (χ0v) is 12.4. The minimum Gasteiger partial charge on any atom is -0.388 e. The van der Waals surface area contributed by atoms with Crippen LogP contribution >= 0.6 is 11.3 Å². The van der Waals surface area contributed by atoms with Crippen LogP contribution in [-0.4, -0.2) is 22.6 Å². The zero-order chi connectivity index (χ0) is 14.3. The van der Waals surface area contributed by atoms with Crippen molar-refractivity contribution in [2.75, 3.05) is 11.4 Å². The molecule has 1 N–H and O–H groups in total. The predicted molar refractivity (Wildman–Crippen MR) is 79.3 cm³/mol. The van der Waals surface area contributed by atoms with E-state index in [9.17, 15) is 15.2 Å². The summed E-state index contributed by atoms with van der Waals surface area (Å²) in [5.74, 6) is 0.695. The summed E-state index contributed by atoms with van der Waals surface area (Å²) < 4.78 is 0. The molecule has 2 heterocycles. The Hall–Kier alpha value is -1.14. The average molecular weight is 296 g/mol. The summed E-state index contributed by atoms with van der Waals surface area (Å²) in [7, 11) is 0. The van der Waals surface area contributed by atoms with Gasteiger partial charge < -0.3 is 10.0 Å². The lowest BCUT2D eigenvalue weighted by Crippen LogP contribution is -2.34. The van der Waals surface area contributed by atoms with E-state index in [4.69, 9.17) is 0 Å². The summed E-state index contributed by atoms with van der Waals surface area (Å²) in [6.45, 7) is 2.57. The van der Waals surface area contributed by atoms with Crippen molar-refractivity contribution in [3.63, 3.8) is 0 Å². The number of rotatable bonds is 3. The number of hydrogen-bond acceptors (Lipinski definition) is 5. The highest BCUT2D eigenvalue weighted by molar-refractivity contribution is 7.16. The van der Waals surface area contributed by atoms with Crippen molar-refractivity contribution in [2.24, 2.45) is 5.92 Å². The normalized spacial score (nSPS) is 27.4. The fraction of sp³-hybridized carbons (Fsp3) is 0.714. The molecule has 2 aliphatic rings. The second kappa shape index (κ2) is 5.33. The number of nitrogens with zero attached hydrogens (tertiary/aromatic N) is 2. The molecule has 1 saturated carbocycles. The molecule has 1 aromatic rings. The van der Waals surface area contributed by atoms with E-state index in [1.807, 2.05) is 0 Å². The Morgan fingerprint density at radius 1 is 1.45 bits per heavy atom. The summed E-state index contributed by atoms with van der Waals surface area (Å²) in [6, 6.07) is 2.00. The minimum atomic E-state index is -0.641. The van der Waals surface area contributed by atoms with Gasteiger partial charge in [0.1, 0.15) is 0 Å². The average Bonchev–Trinajstić information content (AvgIpc) is 3.02. The molecular weight excluding hydrogens is 276 g/mol. The predicted octanol–water partition coefficient (Wildman–Crippen LogP) is 3.48. The summed E-state index contributed by atoms with van der Waals surface area (Å²) in [4.78, 5) is 13.9. The Balaban J connectivity index is 1.94. The van der Waals surface area contributed by atoms with Crippen molar-refractivity contribution in [2.45, 2.75) is 51.2 Å². The van der Waals surface area contributed by atoms with Gasteiger partial charge in [-0.1, -0.05) is 12.8 Å². The number of aliphatic hydroxyl groups excluding tert-OH is 1. The molecule has 0 radical (unpaired) electrons. The standard InChI is InChI=1S/C14H20N2O3S/c1-9(17)13-8-12(16(18)19)14(20-13)15-7-6-10-4-2-3-5-11(10)15/h8-11,17H,2-7H2,1H3/t9-,10?,11?/m0/s1. The first-order valence-corrected chi connectivity index (χ1v) is 8.12. The van der Waals surface area contributed by atoms with E-state index >= 15 is 0 Å². The molecule has 0 bridgehead atoms. The third-order valence-electron chi connectivity index (χ3n) is 4.59. The molecule has 2 fully saturated rings. The SMILES string of the molecule is C[C@H](O)c1cc([N+](=O)[O-])c(N2CCC3CCCCC32)s1. The molecule has 110 valence electrons. The van der Waals surface area contributed by atoms with Gasteiger partial charge in [-0.15, -0.1) is 11.3 Å². The first kappa shape index (κ1) is 13.8. The van der Waals surface area contributed by atoms with Crippen LogP contribution in [0.4, 0.5) is 10.7 Å².